The van der Waals surface area contributed by atoms with Crippen LogP contribution in [0.5, 0.6) is 5.75 Å². The van der Waals surface area contributed by atoms with Gasteiger partial charge in [-0.25, -0.2) is 4.79 Å². The number of hydrogen-bond acceptors (Lipinski definition) is 4. The Morgan fingerprint density at radius 2 is 1.62 bits per heavy atom. The van der Waals surface area contributed by atoms with Gasteiger partial charge in [-0.1, -0.05) is 67.1 Å². The van der Waals surface area contributed by atoms with Crippen molar-refractivity contribution >= 4 is 5.97 Å². The quantitative estimate of drug-likeness (QED) is 0.468. The van der Waals surface area contributed by atoms with Crippen LogP contribution in [0.4, 0.5) is 0 Å². The Kier molecular flexibility index (Phi) is 7.57. The number of hydrogen-bond donors (Lipinski definition) is 0. The van der Waals surface area contributed by atoms with Crippen molar-refractivity contribution in [3.05, 3.63) is 89.5 Å². The van der Waals surface area contributed by atoms with Crippen LogP contribution in [0, 0.1) is 0 Å². The molecular formula is C30H37NO3. The lowest BCUT2D eigenvalue weighted by Crippen LogP contribution is -2.57. The Balaban J connectivity index is 1.41. The number of piperidine rings is 1. The summed E-state index contributed by atoms with van der Waals surface area (Å²) in [4.78, 5) is 15.8. The number of esters is 1. The Labute approximate surface area is 204 Å². The van der Waals surface area contributed by atoms with Crippen molar-refractivity contribution in [3.8, 4) is 5.75 Å². The monoisotopic (exact) mass is 459 g/mol. The molecule has 34 heavy (non-hydrogen) atoms. The molecule has 2 aliphatic rings. The van der Waals surface area contributed by atoms with E-state index in [9.17, 15) is 4.79 Å². The minimum Gasteiger partial charge on any atom is -0.489 e. The van der Waals surface area contributed by atoms with Gasteiger partial charge < -0.3 is 9.47 Å². The fraction of sp³-hybridized carbons (Fsp3) is 0.433. The summed E-state index contributed by atoms with van der Waals surface area (Å²) in [5.41, 5.74) is 2.39. The molecule has 1 heterocycles. The van der Waals surface area contributed by atoms with Gasteiger partial charge in [-0.15, -0.1) is 0 Å². The predicted octanol–water partition coefficient (Wildman–Crippen LogP) is 6.11. The molecule has 1 aliphatic carbocycles. The molecule has 180 valence electrons. The number of likely N-dealkylation sites (tertiary alicyclic amines) is 1. The molecule has 0 amide bonds. The molecule has 4 heteroatoms. The highest BCUT2D eigenvalue weighted by molar-refractivity contribution is 5.85. The van der Waals surface area contributed by atoms with E-state index < -0.39 is 11.1 Å². The van der Waals surface area contributed by atoms with E-state index in [1.165, 1.54) is 17.5 Å². The van der Waals surface area contributed by atoms with Crippen LogP contribution in [0.3, 0.4) is 0 Å². The first kappa shape index (κ1) is 24.3. The summed E-state index contributed by atoms with van der Waals surface area (Å²) in [5.74, 6) is 0.683. The van der Waals surface area contributed by atoms with Gasteiger partial charge in [0.15, 0.2) is 0 Å². The minimum atomic E-state index is -0.749. The topological polar surface area (TPSA) is 38.8 Å². The van der Waals surface area contributed by atoms with Crippen LogP contribution in [0.25, 0.3) is 0 Å². The summed E-state index contributed by atoms with van der Waals surface area (Å²) in [6.45, 7) is 8.09. The van der Waals surface area contributed by atoms with Gasteiger partial charge in [0.2, 0.25) is 0 Å². The van der Waals surface area contributed by atoms with Crippen LogP contribution >= 0.6 is 0 Å². The molecule has 4 nitrogen and oxygen atoms in total. The van der Waals surface area contributed by atoms with Crippen LogP contribution in [-0.2, 0) is 16.0 Å². The van der Waals surface area contributed by atoms with Crippen molar-refractivity contribution in [2.75, 3.05) is 19.7 Å². The highest BCUT2D eigenvalue weighted by atomic mass is 16.6. The maximum Gasteiger partial charge on any atom is 0.331 e. The first-order valence-corrected chi connectivity index (χ1v) is 12.5. The van der Waals surface area contributed by atoms with Crippen LogP contribution in [0.15, 0.2) is 78.4 Å². The third-order valence-electron chi connectivity index (χ3n) is 6.47. The summed E-state index contributed by atoms with van der Waals surface area (Å²) >= 11 is 0. The third kappa shape index (κ3) is 6.18. The lowest BCUT2D eigenvalue weighted by Gasteiger charge is -2.44. The molecule has 0 radical (unpaired) electrons. The lowest BCUT2D eigenvalue weighted by atomic mass is 9.83. The van der Waals surface area contributed by atoms with Crippen LogP contribution in [-0.4, -0.2) is 41.7 Å². The lowest BCUT2D eigenvalue weighted by molar-refractivity contribution is -0.167. The molecule has 4 rings (SSSR count). The number of rotatable bonds is 7. The number of nitrogens with zero attached hydrogens (tertiary/aromatic N) is 1. The van der Waals surface area contributed by atoms with E-state index >= 15 is 0 Å². The smallest absolute Gasteiger partial charge is 0.331 e. The molecule has 1 saturated heterocycles. The van der Waals surface area contributed by atoms with Gasteiger partial charge in [-0.05, 0) is 82.0 Å². The second-order valence-corrected chi connectivity index (χ2v) is 10.4. The molecule has 0 spiro atoms. The van der Waals surface area contributed by atoms with E-state index in [2.05, 4.69) is 47.4 Å². The van der Waals surface area contributed by atoms with E-state index in [4.69, 9.17) is 9.47 Å². The zero-order valence-electron chi connectivity index (χ0n) is 20.8. The molecule has 1 unspecified atom stereocenters. The molecule has 2 aromatic carbocycles. The Hall–Kier alpha value is -2.85. The predicted molar refractivity (Wildman–Crippen MR) is 137 cm³/mol. The average molecular weight is 460 g/mol. The van der Waals surface area contributed by atoms with Crippen molar-refractivity contribution in [3.63, 3.8) is 0 Å². The molecule has 0 N–H and O–H groups in total. The van der Waals surface area contributed by atoms with Crippen molar-refractivity contribution in [2.24, 2.45) is 0 Å². The average Bonchev–Trinajstić information content (AvgIpc) is 2.84. The maximum absolute atomic E-state index is 13.5. The molecule has 1 aliphatic heterocycles. The summed E-state index contributed by atoms with van der Waals surface area (Å²) in [5, 5.41) is 0. The molecule has 0 saturated carbocycles. The van der Waals surface area contributed by atoms with E-state index in [-0.39, 0.29) is 5.97 Å². The summed E-state index contributed by atoms with van der Waals surface area (Å²) < 4.78 is 12.0. The highest BCUT2D eigenvalue weighted by Gasteiger charge is 2.46. The first-order chi connectivity index (χ1) is 16.3. The van der Waals surface area contributed by atoms with Gasteiger partial charge >= 0.3 is 5.97 Å². The standard InChI is InChI=1S/C30H37NO3/c1-29(2,3)34-28(32)30(31-19-8-5-9-20-31)18-10-13-26(22-30)23-33-27-16-14-25(15-17-27)21-24-11-6-4-7-12-24/h4,6-7,10-18H,5,8-9,19-23H2,1-3H3. The maximum atomic E-state index is 13.5. The molecule has 0 aromatic heterocycles. The Bertz CT molecular complexity index is 1010. The fourth-order valence-corrected chi connectivity index (χ4v) is 4.76. The minimum absolute atomic E-state index is 0.158. The fourth-order valence-electron chi connectivity index (χ4n) is 4.76. The number of allylic oxidation sites excluding steroid dienone is 2. The number of carbonyl (C=O) groups is 1. The zero-order chi connectivity index (χ0) is 24.0. The van der Waals surface area contributed by atoms with Gasteiger partial charge in [-0.3, -0.25) is 4.90 Å². The van der Waals surface area contributed by atoms with Crippen molar-refractivity contribution < 1.29 is 14.3 Å². The van der Waals surface area contributed by atoms with Gasteiger partial charge in [0.05, 0.1) is 0 Å². The summed E-state index contributed by atoms with van der Waals surface area (Å²) in [6.07, 6.45) is 11.1. The molecular weight excluding hydrogens is 422 g/mol. The normalized spacial score (nSPS) is 21.1. The molecule has 1 atom stereocenters. The van der Waals surface area contributed by atoms with Crippen molar-refractivity contribution in [2.45, 2.75) is 64.0 Å². The number of ether oxygens (including phenoxy) is 2. The van der Waals surface area contributed by atoms with Crippen LogP contribution < -0.4 is 4.74 Å². The van der Waals surface area contributed by atoms with E-state index in [0.29, 0.717) is 13.0 Å². The second-order valence-electron chi connectivity index (χ2n) is 10.4. The molecule has 0 bridgehead atoms. The SMILES string of the molecule is CC(C)(C)OC(=O)C1(N2CCCCC2)C=CC=C(COc2ccc(Cc3ccccc3)cc2)C1. The van der Waals surface area contributed by atoms with Crippen LogP contribution in [0.1, 0.15) is 57.6 Å². The molecule has 1 fully saturated rings. The van der Waals surface area contributed by atoms with Crippen molar-refractivity contribution in [1.82, 2.24) is 4.90 Å². The summed E-state index contributed by atoms with van der Waals surface area (Å²) in [7, 11) is 0. The zero-order valence-corrected chi connectivity index (χ0v) is 20.8. The highest BCUT2D eigenvalue weighted by Crippen LogP contribution is 2.34. The van der Waals surface area contributed by atoms with Crippen molar-refractivity contribution in [1.29, 1.82) is 0 Å². The van der Waals surface area contributed by atoms with Gasteiger partial charge in [0.1, 0.15) is 23.5 Å². The third-order valence-corrected chi connectivity index (χ3v) is 6.47. The van der Waals surface area contributed by atoms with E-state index in [1.54, 1.807) is 0 Å². The second kappa shape index (κ2) is 10.6. The Morgan fingerprint density at radius 1 is 0.941 bits per heavy atom. The van der Waals surface area contributed by atoms with Gasteiger partial charge in [0, 0.05) is 6.42 Å². The van der Waals surface area contributed by atoms with E-state index in [1.807, 2.05) is 51.1 Å². The first-order valence-electron chi connectivity index (χ1n) is 12.5. The summed E-state index contributed by atoms with van der Waals surface area (Å²) in [6, 6.07) is 18.8. The molecule has 2 aromatic rings. The van der Waals surface area contributed by atoms with Gasteiger partial charge in [0.25, 0.3) is 0 Å². The Morgan fingerprint density at radius 3 is 2.29 bits per heavy atom. The van der Waals surface area contributed by atoms with Crippen LogP contribution in [0.2, 0.25) is 0 Å². The number of benzene rings is 2. The number of carbonyl (C=O) groups excluding carboxylic acids is 1. The largest absolute Gasteiger partial charge is 0.489 e. The van der Waals surface area contributed by atoms with Gasteiger partial charge in [-0.2, -0.15) is 0 Å². The van der Waals surface area contributed by atoms with E-state index in [0.717, 1.165) is 43.7 Å².